The second kappa shape index (κ2) is 4.09. The summed E-state index contributed by atoms with van der Waals surface area (Å²) in [5.41, 5.74) is 0. The fourth-order valence-corrected chi connectivity index (χ4v) is 2.13. The van der Waals surface area contributed by atoms with Crippen molar-refractivity contribution in [1.29, 1.82) is 0 Å². The van der Waals surface area contributed by atoms with E-state index in [-0.39, 0.29) is 0 Å². The molecule has 0 aliphatic heterocycles. The van der Waals surface area contributed by atoms with Crippen molar-refractivity contribution in [1.82, 2.24) is 9.97 Å². The molecule has 1 saturated carbocycles. The number of nitrogens with zero attached hydrogens (tertiary/aromatic N) is 2. The third-order valence-electron chi connectivity index (χ3n) is 2.44. The minimum atomic E-state index is 0.550. The molecule has 0 N–H and O–H groups in total. The van der Waals surface area contributed by atoms with E-state index < -0.39 is 0 Å². The average Bonchev–Trinajstić information content (AvgIpc) is 2.62. The molecule has 0 saturated heterocycles. The van der Waals surface area contributed by atoms with Gasteiger partial charge in [0.1, 0.15) is 11.0 Å². The van der Waals surface area contributed by atoms with Crippen LogP contribution in [0.3, 0.4) is 0 Å². The number of aromatic nitrogens is 2. The van der Waals surface area contributed by atoms with Gasteiger partial charge in [-0.15, -0.1) is 0 Å². The van der Waals surface area contributed by atoms with Crippen LogP contribution >= 0.6 is 34.2 Å². The van der Waals surface area contributed by atoms with Gasteiger partial charge in [-0.1, -0.05) is 24.4 Å². The first kappa shape index (κ1) is 9.65. The summed E-state index contributed by atoms with van der Waals surface area (Å²) >= 11 is 8.08. The van der Waals surface area contributed by atoms with Gasteiger partial charge in [0, 0.05) is 12.1 Å². The molecular formula is C9H10ClIN2. The first-order valence-electron chi connectivity index (χ1n) is 4.45. The van der Waals surface area contributed by atoms with Gasteiger partial charge >= 0.3 is 0 Å². The SMILES string of the molecule is Clc1nc(C2CCCC2)ncc1I. The lowest BCUT2D eigenvalue weighted by molar-refractivity contribution is 0.666. The van der Waals surface area contributed by atoms with E-state index in [2.05, 4.69) is 32.6 Å². The number of rotatable bonds is 1. The smallest absolute Gasteiger partial charge is 0.146 e. The van der Waals surface area contributed by atoms with E-state index in [0.717, 1.165) is 9.39 Å². The highest BCUT2D eigenvalue weighted by Crippen LogP contribution is 2.32. The van der Waals surface area contributed by atoms with E-state index in [9.17, 15) is 0 Å². The van der Waals surface area contributed by atoms with Crippen molar-refractivity contribution in [2.45, 2.75) is 31.6 Å². The fraction of sp³-hybridized carbons (Fsp3) is 0.556. The number of halogens is 2. The topological polar surface area (TPSA) is 25.8 Å². The van der Waals surface area contributed by atoms with Gasteiger partial charge in [0.15, 0.2) is 0 Å². The van der Waals surface area contributed by atoms with E-state index in [0.29, 0.717) is 11.1 Å². The number of hydrogen-bond donors (Lipinski definition) is 0. The summed E-state index contributed by atoms with van der Waals surface area (Å²) in [5, 5.41) is 0.595. The lowest BCUT2D eigenvalue weighted by Gasteiger charge is -2.07. The molecule has 0 aromatic carbocycles. The Morgan fingerprint density at radius 1 is 1.38 bits per heavy atom. The molecule has 2 rings (SSSR count). The Balaban J connectivity index is 2.25. The Hall–Kier alpha value is 0.100. The van der Waals surface area contributed by atoms with Crippen LogP contribution in [0.4, 0.5) is 0 Å². The highest BCUT2D eigenvalue weighted by Gasteiger charge is 2.20. The van der Waals surface area contributed by atoms with Gasteiger partial charge in [0.05, 0.1) is 3.57 Å². The van der Waals surface area contributed by atoms with Crippen LogP contribution in [0.5, 0.6) is 0 Å². The fourth-order valence-electron chi connectivity index (χ4n) is 1.74. The van der Waals surface area contributed by atoms with Gasteiger partial charge < -0.3 is 0 Å². The van der Waals surface area contributed by atoms with Crippen molar-refractivity contribution in [3.05, 3.63) is 20.7 Å². The first-order valence-corrected chi connectivity index (χ1v) is 5.91. The van der Waals surface area contributed by atoms with Crippen LogP contribution in [-0.4, -0.2) is 9.97 Å². The maximum atomic E-state index is 5.93. The van der Waals surface area contributed by atoms with Crippen LogP contribution in [-0.2, 0) is 0 Å². The zero-order valence-electron chi connectivity index (χ0n) is 7.13. The lowest BCUT2D eigenvalue weighted by atomic mass is 10.1. The molecule has 1 aromatic rings. The summed E-state index contributed by atoms with van der Waals surface area (Å²) in [5.74, 6) is 1.48. The summed E-state index contributed by atoms with van der Waals surface area (Å²) in [4.78, 5) is 8.62. The Labute approximate surface area is 96.3 Å². The van der Waals surface area contributed by atoms with Crippen LogP contribution in [0, 0.1) is 3.57 Å². The van der Waals surface area contributed by atoms with Crippen LogP contribution < -0.4 is 0 Å². The Morgan fingerprint density at radius 3 is 2.69 bits per heavy atom. The van der Waals surface area contributed by atoms with Crippen LogP contribution in [0.2, 0.25) is 5.15 Å². The summed E-state index contributed by atoms with van der Waals surface area (Å²) in [6, 6.07) is 0. The van der Waals surface area contributed by atoms with E-state index in [1.165, 1.54) is 25.7 Å². The molecule has 0 atom stereocenters. The predicted molar refractivity (Wildman–Crippen MR) is 61.0 cm³/mol. The summed E-state index contributed by atoms with van der Waals surface area (Å²) < 4.78 is 0.931. The molecule has 13 heavy (non-hydrogen) atoms. The molecule has 1 aliphatic carbocycles. The van der Waals surface area contributed by atoms with Crippen LogP contribution in [0.25, 0.3) is 0 Å². The minimum absolute atomic E-state index is 0.550. The largest absolute Gasteiger partial charge is 0.240 e. The zero-order valence-corrected chi connectivity index (χ0v) is 10.0. The Morgan fingerprint density at radius 2 is 2.08 bits per heavy atom. The second-order valence-electron chi connectivity index (χ2n) is 3.35. The van der Waals surface area contributed by atoms with Crippen molar-refractivity contribution < 1.29 is 0 Å². The van der Waals surface area contributed by atoms with Gasteiger partial charge in [-0.3, -0.25) is 0 Å². The summed E-state index contributed by atoms with van der Waals surface area (Å²) in [7, 11) is 0. The molecule has 0 spiro atoms. The van der Waals surface area contributed by atoms with Gasteiger partial charge in [0.2, 0.25) is 0 Å². The molecule has 1 aliphatic rings. The third-order valence-corrected chi connectivity index (χ3v) is 3.84. The molecule has 70 valence electrons. The molecule has 0 amide bonds. The highest BCUT2D eigenvalue weighted by atomic mass is 127. The monoisotopic (exact) mass is 308 g/mol. The number of hydrogen-bond acceptors (Lipinski definition) is 2. The van der Waals surface area contributed by atoms with E-state index >= 15 is 0 Å². The maximum absolute atomic E-state index is 5.93. The van der Waals surface area contributed by atoms with Crippen LogP contribution in [0.15, 0.2) is 6.20 Å². The summed E-state index contributed by atoms with van der Waals surface area (Å²) in [6.07, 6.45) is 6.85. The zero-order chi connectivity index (χ0) is 9.26. The standard InChI is InChI=1S/C9H10ClIN2/c10-8-7(11)5-12-9(13-8)6-3-1-2-4-6/h5-6H,1-4H2. The second-order valence-corrected chi connectivity index (χ2v) is 4.87. The molecule has 1 heterocycles. The first-order chi connectivity index (χ1) is 6.27. The third kappa shape index (κ3) is 2.13. The molecule has 1 aromatic heterocycles. The molecule has 0 radical (unpaired) electrons. The molecule has 0 unspecified atom stereocenters. The van der Waals surface area contributed by atoms with Crippen LogP contribution in [0.1, 0.15) is 37.4 Å². The molecule has 4 heteroatoms. The van der Waals surface area contributed by atoms with Crippen molar-refractivity contribution in [2.24, 2.45) is 0 Å². The maximum Gasteiger partial charge on any atom is 0.146 e. The molecule has 0 bridgehead atoms. The normalized spacial score (nSPS) is 18.0. The van der Waals surface area contributed by atoms with E-state index in [4.69, 9.17) is 11.6 Å². The van der Waals surface area contributed by atoms with E-state index in [1.807, 2.05) is 6.20 Å². The van der Waals surface area contributed by atoms with Crippen molar-refractivity contribution in [3.63, 3.8) is 0 Å². The van der Waals surface area contributed by atoms with Gasteiger partial charge in [-0.05, 0) is 35.4 Å². The molecular weight excluding hydrogens is 298 g/mol. The van der Waals surface area contributed by atoms with Crippen molar-refractivity contribution >= 4 is 34.2 Å². The van der Waals surface area contributed by atoms with Crippen molar-refractivity contribution in [2.75, 3.05) is 0 Å². The lowest BCUT2D eigenvalue weighted by Crippen LogP contribution is -2.01. The molecule has 2 nitrogen and oxygen atoms in total. The average molecular weight is 309 g/mol. The van der Waals surface area contributed by atoms with Crippen molar-refractivity contribution in [3.8, 4) is 0 Å². The summed E-state index contributed by atoms with van der Waals surface area (Å²) in [6.45, 7) is 0. The Kier molecular flexibility index (Phi) is 3.03. The van der Waals surface area contributed by atoms with Gasteiger partial charge in [-0.2, -0.15) is 0 Å². The van der Waals surface area contributed by atoms with E-state index in [1.54, 1.807) is 0 Å². The minimum Gasteiger partial charge on any atom is -0.240 e. The Bertz CT molecular complexity index is 310. The highest BCUT2D eigenvalue weighted by molar-refractivity contribution is 14.1. The van der Waals surface area contributed by atoms with Gasteiger partial charge in [0.25, 0.3) is 0 Å². The predicted octanol–water partition coefficient (Wildman–Crippen LogP) is 3.39. The van der Waals surface area contributed by atoms with Gasteiger partial charge in [-0.25, -0.2) is 9.97 Å². The quantitative estimate of drug-likeness (QED) is 0.587. The molecule has 1 fully saturated rings.